The van der Waals surface area contributed by atoms with Crippen LogP contribution in [0.5, 0.6) is 0 Å². The third-order valence-electron chi connectivity index (χ3n) is 3.34. The number of amidine groups is 1. The Morgan fingerprint density at radius 2 is 2.47 bits per heavy atom. The van der Waals surface area contributed by atoms with E-state index in [1.54, 1.807) is 18.5 Å². The number of aliphatic hydroxyl groups is 1. The molecule has 2 atom stereocenters. The normalized spacial score (nSPS) is 21.5. The molecule has 1 aliphatic rings. The Labute approximate surface area is 101 Å². The number of aliphatic hydroxyl groups excluding tert-OH is 1. The Balaban J connectivity index is 2.21. The Morgan fingerprint density at radius 1 is 1.71 bits per heavy atom. The van der Waals surface area contributed by atoms with Gasteiger partial charge in [-0.3, -0.25) is 10.4 Å². The molecule has 1 fully saturated rings. The number of nitrogen functional groups attached to an aromatic ring is 1. The summed E-state index contributed by atoms with van der Waals surface area (Å²) in [5.41, 5.74) is 7.16. The lowest BCUT2D eigenvalue weighted by molar-refractivity contribution is 0.136. The van der Waals surface area contributed by atoms with E-state index in [-0.39, 0.29) is 17.9 Å². The molecule has 2 heterocycles. The minimum atomic E-state index is -0.294. The Bertz CT molecular complexity index is 419. The van der Waals surface area contributed by atoms with E-state index in [4.69, 9.17) is 11.1 Å². The van der Waals surface area contributed by atoms with Crippen LogP contribution >= 0.6 is 0 Å². The molecule has 5 nitrogen and oxygen atoms in total. The minimum absolute atomic E-state index is 0.0582. The summed E-state index contributed by atoms with van der Waals surface area (Å²) in [7, 11) is 0. The van der Waals surface area contributed by atoms with Crippen molar-refractivity contribution in [1.29, 1.82) is 5.41 Å². The zero-order valence-electron chi connectivity index (χ0n) is 9.93. The highest BCUT2D eigenvalue weighted by molar-refractivity contribution is 6.00. The van der Waals surface area contributed by atoms with Gasteiger partial charge in [-0.1, -0.05) is 0 Å². The molecule has 5 heteroatoms. The van der Waals surface area contributed by atoms with Crippen LogP contribution in [0.4, 0.5) is 5.69 Å². The van der Waals surface area contributed by atoms with E-state index in [2.05, 4.69) is 9.88 Å². The molecule has 17 heavy (non-hydrogen) atoms. The smallest absolute Gasteiger partial charge is 0.125 e. The molecule has 92 valence electrons. The van der Waals surface area contributed by atoms with Crippen LogP contribution in [-0.4, -0.2) is 35.1 Å². The minimum Gasteiger partial charge on any atom is -0.393 e. The second kappa shape index (κ2) is 4.71. The summed E-state index contributed by atoms with van der Waals surface area (Å²) < 4.78 is 0. The number of anilines is 1. The van der Waals surface area contributed by atoms with Crippen LogP contribution in [0.2, 0.25) is 0 Å². The molecular weight excluding hydrogens is 216 g/mol. The first-order valence-electron chi connectivity index (χ1n) is 5.81. The Kier molecular flexibility index (Phi) is 3.28. The molecule has 2 unspecified atom stereocenters. The Hall–Kier alpha value is -1.62. The van der Waals surface area contributed by atoms with E-state index in [9.17, 15) is 5.11 Å². The van der Waals surface area contributed by atoms with Gasteiger partial charge in [0, 0.05) is 30.8 Å². The highest BCUT2D eigenvalue weighted by atomic mass is 16.3. The topological polar surface area (TPSA) is 86.2 Å². The van der Waals surface area contributed by atoms with Crippen LogP contribution in [0.15, 0.2) is 18.5 Å². The number of nitrogens with zero attached hydrogens (tertiary/aromatic N) is 2. The van der Waals surface area contributed by atoms with Gasteiger partial charge in [-0.2, -0.15) is 0 Å². The highest BCUT2D eigenvalue weighted by Gasteiger charge is 2.27. The third kappa shape index (κ3) is 2.39. The average Bonchev–Trinajstić information content (AvgIpc) is 2.78. The van der Waals surface area contributed by atoms with Gasteiger partial charge in [0.15, 0.2) is 0 Å². The molecular formula is C12H18N4O. The summed E-state index contributed by atoms with van der Waals surface area (Å²) in [5.74, 6) is 0.345. The van der Waals surface area contributed by atoms with E-state index in [1.807, 2.05) is 6.92 Å². The van der Waals surface area contributed by atoms with Gasteiger partial charge in [-0.05, 0) is 19.4 Å². The maximum Gasteiger partial charge on any atom is 0.125 e. The van der Waals surface area contributed by atoms with Gasteiger partial charge in [0.25, 0.3) is 0 Å². The van der Waals surface area contributed by atoms with Crippen molar-refractivity contribution in [2.24, 2.45) is 11.7 Å². The molecule has 0 saturated carbocycles. The first-order chi connectivity index (χ1) is 8.09. The number of hydrogen-bond donors (Lipinski definition) is 3. The predicted molar refractivity (Wildman–Crippen MR) is 67.3 cm³/mol. The maximum absolute atomic E-state index is 9.59. The lowest BCUT2D eigenvalue weighted by Gasteiger charge is -2.21. The fourth-order valence-electron chi connectivity index (χ4n) is 2.27. The molecule has 2 rings (SSSR count). The summed E-state index contributed by atoms with van der Waals surface area (Å²) in [5, 5.41) is 17.1. The first kappa shape index (κ1) is 11.9. The van der Waals surface area contributed by atoms with Crippen molar-refractivity contribution >= 4 is 11.5 Å². The van der Waals surface area contributed by atoms with Crippen LogP contribution in [0.3, 0.4) is 0 Å². The first-order valence-corrected chi connectivity index (χ1v) is 5.81. The summed E-state index contributed by atoms with van der Waals surface area (Å²) >= 11 is 0. The summed E-state index contributed by atoms with van der Waals surface area (Å²) in [4.78, 5) is 6.23. The zero-order valence-corrected chi connectivity index (χ0v) is 9.93. The molecule has 0 aliphatic carbocycles. The lowest BCUT2D eigenvalue weighted by Crippen LogP contribution is -2.26. The average molecular weight is 234 g/mol. The lowest BCUT2D eigenvalue weighted by atomic mass is 10.0. The molecule has 0 aromatic carbocycles. The summed E-state index contributed by atoms with van der Waals surface area (Å²) in [6, 6.07) is 1.76. The van der Waals surface area contributed by atoms with Crippen LogP contribution in [0.25, 0.3) is 0 Å². The van der Waals surface area contributed by atoms with Crippen LogP contribution in [0.1, 0.15) is 18.9 Å². The molecule has 0 amide bonds. The van der Waals surface area contributed by atoms with E-state index in [0.717, 1.165) is 25.2 Å². The van der Waals surface area contributed by atoms with Gasteiger partial charge in [0.1, 0.15) is 5.84 Å². The number of aromatic nitrogens is 1. The number of rotatable bonds is 3. The second-order valence-electron chi connectivity index (χ2n) is 4.54. The van der Waals surface area contributed by atoms with Crippen molar-refractivity contribution in [2.75, 3.05) is 18.0 Å². The standard InChI is InChI=1S/C12H18N4O/c1-8(17)9-3-5-16(7-9)11-6-15-4-2-10(11)12(13)14/h2,4,6,8-9,17H,3,5,7H2,1H3,(H3,13,14). The third-order valence-corrected chi connectivity index (χ3v) is 3.34. The predicted octanol–water partition coefficient (Wildman–Crippen LogP) is 0.573. The van der Waals surface area contributed by atoms with Gasteiger partial charge in [0.05, 0.1) is 18.0 Å². The van der Waals surface area contributed by atoms with Gasteiger partial charge in [0.2, 0.25) is 0 Å². The molecule has 1 saturated heterocycles. The molecule has 4 N–H and O–H groups in total. The molecule has 1 aromatic rings. The van der Waals surface area contributed by atoms with Crippen molar-refractivity contribution in [3.8, 4) is 0 Å². The quantitative estimate of drug-likeness (QED) is 0.527. The van der Waals surface area contributed by atoms with Gasteiger partial charge >= 0.3 is 0 Å². The largest absolute Gasteiger partial charge is 0.393 e. The fourth-order valence-corrected chi connectivity index (χ4v) is 2.27. The highest BCUT2D eigenvalue weighted by Crippen LogP contribution is 2.27. The summed E-state index contributed by atoms with van der Waals surface area (Å²) in [6.07, 6.45) is 4.05. The van der Waals surface area contributed by atoms with E-state index >= 15 is 0 Å². The van der Waals surface area contributed by atoms with Crippen molar-refractivity contribution in [3.63, 3.8) is 0 Å². The SMILES string of the molecule is CC(O)C1CCN(c2cnccc2C(=N)N)C1. The van der Waals surface area contributed by atoms with Crippen molar-refractivity contribution in [2.45, 2.75) is 19.4 Å². The number of nitrogens with one attached hydrogen (secondary N) is 1. The van der Waals surface area contributed by atoms with E-state index in [1.165, 1.54) is 0 Å². The van der Waals surface area contributed by atoms with Crippen LogP contribution < -0.4 is 10.6 Å². The van der Waals surface area contributed by atoms with Gasteiger partial charge < -0.3 is 15.7 Å². The van der Waals surface area contributed by atoms with E-state index < -0.39 is 0 Å². The number of hydrogen-bond acceptors (Lipinski definition) is 4. The van der Waals surface area contributed by atoms with Gasteiger partial charge in [-0.25, -0.2) is 0 Å². The van der Waals surface area contributed by atoms with Crippen molar-refractivity contribution in [1.82, 2.24) is 4.98 Å². The zero-order chi connectivity index (χ0) is 12.4. The molecule has 0 spiro atoms. The second-order valence-corrected chi connectivity index (χ2v) is 4.54. The summed E-state index contributed by atoms with van der Waals surface area (Å²) in [6.45, 7) is 3.49. The van der Waals surface area contributed by atoms with E-state index in [0.29, 0.717) is 5.56 Å². The van der Waals surface area contributed by atoms with Gasteiger partial charge in [-0.15, -0.1) is 0 Å². The van der Waals surface area contributed by atoms with Crippen LogP contribution in [-0.2, 0) is 0 Å². The maximum atomic E-state index is 9.59. The molecule has 0 radical (unpaired) electrons. The molecule has 0 bridgehead atoms. The molecule has 1 aromatic heterocycles. The van der Waals surface area contributed by atoms with Crippen molar-refractivity contribution < 1.29 is 5.11 Å². The monoisotopic (exact) mass is 234 g/mol. The molecule has 1 aliphatic heterocycles. The van der Waals surface area contributed by atoms with Crippen molar-refractivity contribution in [3.05, 3.63) is 24.0 Å². The fraction of sp³-hybridized carbons (Fsp3) is 0.500. The number of nitrogens with two attached hydrogens (primary N) is 1. The number of pyridine rings is 1. The Morgan fingerprint density at radius 3 is 3.06 bits per heavy atom. The van der Waals surface area contributed by atoms with Crippen LogP contribution in [0, 0.1) is 11.3 Å².